The summed E-state index contributed by atoms with van der Waals surface area (Å²) in [6.45, 7) is 8.83. The van der Waals surface area contributed by atoms with Crippen molar-refractivity contribution < 1.29 is 14.6 Å². The zero-order valence-corrected chi connectivity index (χ0v) is 13.1. The summed E-state index contributed by atoms with van der Waals surface area (Å²) in [7, 11) is 0. The summed E-state index contributed by atoms with van der Waals surface area (Å²) < 4.78 is 11.2. The predicted octanol–water partition coefficient (Wildman–Crippen LogP) is 1.90. The standard InChI is InChI=1S/C16H26N2O3/c1-4-20-16-7-13(5-6-15(16)19)14(8-17)18-9-11(2)21-12(3)10-18/h5-7,11-12,14,19H,4,8-10,17H2,1-3H3. The van der Waals surface area contributed by atoms with Crippen molar-refractivity contribution in [2.24, 2.45) is 5.73 Å². The van der Waals surface area contributed by atoms with E-state index in [4.69, 9.17) is 15.2 Å². The van der Waals surface area contributed by atoms with Crippen LogP contribution in [0.5, 0.6) is 11.5 Å². The number of hydrogen-bond acceptors (Lipinski definition) is 5. The molecule has 0 radical (unpaired) electrons. The lowest BCUT2D eigenvalue weighted by Crippen LogP contribution is -2.48. The van der Waals surface area contributed by atoms with E-state index >= 15 is 0 Å². The maximum Gasteiger partial charge on any atom is 0.161 e. The van der Waals surface area contributed by atoms with E-state index in [1.165, 1.54) is 0 Å². The number of nitrogens with zero attached hydrogens (tertiary/aromatic N) is 1. The first-order valence-corrected chi connectivity index (χ1v) is 7.60. The SMILES string of the molecule is CCOc1cc(C(CN)N2CC(C)OC(C)C2)ccc1O. The van der Waals surface area contributed by atoms with Gasteiger partial charge in [-0.1, -0.05) is 6.07 Å². The fourth-order valence-corrected chi connectivity index (χ4v) is 2.98. The largest absolute Gasteiger partial charge is 0.504 e. The van der Waals surface area contributed by atoms with E-state index < -0.39 is 0 Å². The van der Waals surface area contributed by atoms with E-state index in [1.54, 1.807) is 6.07 Å². The van der Waals surface area contributed by atoms with Crippen molar-refractivity contribution in [3.8, 4) is 11.5 Å². The summed E-state index contributed by atoms with van der Waals surface area (Å²) in [5, 5.41) is 9.83. The summed E-state index contributed by atoms with van der Waals surface area (Å²) >= 11 is 0. The van der Waals surface area contributed by atoms with Crippen LogP contribution >= 0.6 is 0 Å². The van der Waals surface area contributed by atoms with Gasteiger partial charge in [-0.25, -0.2) is 0 Å². The normalized spacial score (nSPS) is 24.8. The Morgan fingerprint density at radius 1 is 1.38 bits per heavy atom. The van der Waals surface area contributed by atoms with Crippen molar-refractivity contribution in [1.82, 2.24) is 4.90 Å². The summed E-state index contributed by atoms with van der Waals surface area (Å²) in [6, 6.07) is 5.59. The Hall–Kier alpha value is -1.30. The number of benzene rings is 1. The first-order chi connectivity index (χ1) is 10.0. The van der Waals surface area contributed by atoms with Gasteiger partial charge in [-0.2, -0.15) is 0 Å². The molecule has 3 unspecified atom stereocenters. The molecule has 0 saturated carbocycles. The molecule has 3 N–H and O–H groups in total. The van der Waals surface area contributed by atoms with Gasteiger partial charge in [0.1, 0.15) is 0 Å². The van der Waals surface area contributed by atoms with Gasteiger partial charge < -0.3 is 20.3 Å². The number of phenolic OH excluding ortho intramolecular Hbond substituents is 1. The Morgan fingerprint density at radius 3 is 2.62 bits per heavy atom. The number of aromatic hydroxyl groups is 1. The van der Waals surface area contributed by atoms with Gasteiger partial charge in [-0.3, -0.25) is 4.90 Å². The molecular weight excluding hydrogens is 268 g/mol. The highest BCUT2D eigenvalue weighted by molar-refractivity contribution is 5.43. The Balaban J connectivity index is 2.22. The van der Waals surface area contributed by atoms with Crippen molar-refractivity contribution in [3.05, 3.63) is 23.8 Å². The molecule has 1 aromatic rings. The molecule has 0 spiro atoms. The van der Waals surface area contributed by atoms with Crippen LogP contribution in [0.1, 0.15) is 32.4 Å². The molecule has 0 aliphatic carbocycles. The Labute approximate surface area is 126 Å². The van der Waals surface area contributed by atoms with Crippen LogP contribution in [-0.2, 0) is 4.74 Å². The molecule has 0 aromatic heterocycles. The van der Waals surface area contributed by atoms with Gasteiger partial charge in [0.25, 0.3) is 0 Å². The van der Waals surface area contributed by atoms with Crippen LogP contribution in [0.25, 0.3) is 0 Å². The Bertz CT molecular complexity index is 457. The van der Waals surface area contributed by atoms with Gasteiger partial charge in [-0.05, 0) is 38.5 Å². The van der Waals surface area contributed by atoms with E-state index in [0.29, 0.717) is 18.9 Å². The maximum absolute atomic E-state index is 9.83. The van der Waals surface area contributed by atoms with Gasteiger partial charge >= 0.3 is 0 Å². The first kappa shape index (κ1) is 16.1. The van der Waals surface area contributed by atoms with Crippen molar-refractivity contribution in [2.45, 2.75) is 39.0 Å². The van der Waals surface area contributed by atoms with Crippen LogP contribution in [0, 0.1) is 0 Å². The molecular formula is C16H26N2O3. The second-order valence-corrected chi connectivity index (χ2v) is 5.62. The zero-order valence-electron chi connectivity index (χ0n) is 13.1. The van der Waals surface area contributed by atoms with Crippen molar-refractivity contribution in [1.29, 1.82) is 0 Å². The Morgan fingerprint density at radius 2 is 2.05 bits per heavy atom. The molecule has 0 amide bonds. The van der Waals surface area contributed by atoms with Crippen LogP contribution in [0.3, 0.4) is 0 Å². The number of hydrogen-bond donors (Lipinski definition) is 2. The smallest absolute Gasteiger partial charge is 0.161 e. The molecule has 1 saturated heterocycles. The lowest BCUT2D eigenvalue weighted by atomic mass is 10.0. The summed E-state index contributed by atoms with van der Waals surface area (Å²) in [5.41, 5.74) is 7.07. The highest BCUT2D eigenvalue weighted by atomic mass is 16.5. The molecule has 5 heteroatoms. The molecule has 1 fully saturated rings. The lowest BCUT2D eigenvalue weighted by molar-refractivity contribution is -0.0799. The fourth-order valence-electron chi connectivity index (χ4n) is 2.98. The number of phenols is 1. The first-order valence-electron chi connectivity index (χ1n) is 7.60. The van der Waals surface area contributed by atoms with E-state index in [-0.39, 0.29) is 24.0 Å². The zero-order chi connectivity index (χ0) is 15.4. The minimum Gasteiger partial charge on any atom is -0.504 e. The van der Waals surface area contributed by atoms with E-state index in [0.717, 1.165) is 18.7 Å². The van der Waals surface area contributed by atoms with Crippen LogP contribution in [0.2, 0.25) is 0 Å². The van der Waals surface area contributed by atoms with Gasteiger partial charge in [0, 0.05) is 25.7 Å². The highest BCUT2D eigenvalue weighted by Gasteiger charge is 2.28. The monoisotopic (exact) mass is 294 g/mol. The molecule has 1 aliphatic rings. The quantitative estimate of drug-likeness (QED) is 0.868. The average molecular weight is 294 g/mol. The minimum atomic E-state index is 0.110. The van der Waals surface area contributed by atoms with Crippen molar-refractivity contribution in [2.75, 3.05) is 26.2 Å². The average Bonchev–Trinajstić information content (AvgIpc) is 2.42. The number of morpholine rings is 1. The lowest BCUT2D eigenvalue weighted by Gasteiger charge is -2.40. The van der Waals surface area contributed by atoms with E-state index in [1.807, 2.05) is 19.1 Å². The molecule has 5 nitrogen and oxygen atoms in total. The third kappa shape index (κ3) is 3.87. The summed E-state index contributed by atoms with van der Waals surface area (Å²) in [5.74, 6) is 0.683. The predicted molar refractivity (Wildman–Crippen MR) is 82.7 cm³/mol. The molecule has 0 bridgehead atoms. The molecule has 1 aromatic carbocycles. The van der Waals surface area contributed by atoms with E-state index in [2.05, 4.69) is 18.7 Å². The van der Waals surface area contributed by atoms with E-state index in [9.17, 15) is 5.11 Å². The fraction of sp³-hybridized carbons (Fsp3) is 0.625. The minimum absolute atomic E-state index is 0.110. The van der Waals surface area contributed by atoms with Gasteiger partial charge in [0.15, 0.2) is 11.5 Å². The van der Waals surface area contributed by atoms with Gasteiger partial charge in [0.2, 0.25) is 0 Å². The summed E-state index contributed by atoms with van der Waals surface area (Å²) in [4.78, 5) is 2.35. The third-order valence-electron chi connectivity index (χ3n) is 3.78. The van der Waals surface area contributed by atoms with Crippen LogP contribution in [0.4, 0.5) is 0 Å². The number of rotatable bonds is 5. The third-order valence-corrected chi connectivity index (χ3v) is 3.78. The molecule has 1 heterocycles. The molecule has 2 rings (SSSR count). The number of ether oxygens (including phenoxy) is 2. The van der Waals surface area contributed by atoms with Crippen LogP contribution in [-0.4, -0.2) is 48.5 Å². The van der Waals surface area contributed by atoms with Gasteiger partial charge in [0.05, 0.1) is 18.8 Å². The second kappa shape index (κ2) is 7.11. The van der Waals surface area contributed by atoms with Crippen LogP contribution < -0.4 is 10.5 Å². The van der Waals surface area contributed by atoms with Crippen LogP contribution in [0.15, 0.2) is 18.2 Å². The van der Waals surface area contributed by atoms with Crippen molar-refractivity contribution in [3.63, 3.8) is 0 Å². The molecule has 3 atom stereocenters. The molecule has 1 aliphatic heterocycles. The molecule has 21 heavy (non-hydrogen) atoms. The number of nitrogens with two attached hydrogens (primary N) is 1. The van der Waals surface area contributed by atoms with Crippen molar-refractivity contribution >= 4 is 0 Å². The molecule has 118 valence electrons. The highest BCUT2D eigenvalue weighted by Crippen LogP contribution is 2.32. The van der Waals surface area contributed by atoms with Gasteiger partial charge in [-0.15, -0.1) is 0 Å². The Kier molecular flexibility index (Phi) is 5.45. The maximum atomic E-state index is 9.83. The topological polar surface area (TPSA) is 68.0 Å². The second-order valence-electron chi connectivity index (χ2n) is 5.62. The summed E-state index contributed by atoms with van der Waals surface area (Å²) in [6.07, 6.45) is 0.401.